The van der Waals surface area contributed by atoms with Crippen LogP contribution in [-0.2, 0) is 9.53 Å². The molecular weight excluding hydrogens is 352 g/mol. The minimum Gasteiger partial charge on any atom is -0.496 e. The van der Waals surface area contributed by atoms with E-state index in [-0.39, 0.29) is 11.9 Å². The average Bonchev–Trinajstić information content (AvgIpc) is 2.67. The zero-order valence-corrected chi connectivity index (χ0v) is 15.5. The van der Waals surface area contributed by atoms with Crippen LogP contribution in [0.1, 0.15) is 23.6 Å². The Bertz CT molecular complexity index is 747. The summed E-state index contributed by atoms with van der Waals surface area (Å²) in [6.45, 7) is 1.98. The maximum atomic E-state index is 12.7. The Hall–Kier alpha value is -2.08. The fourth-order valence-electron chi connectivity index (χ4n) is 3.13. The molecule has 1 amide bonds. The summed E-state index contributed by atoms with van der Waals surface area (Å²) in [5.74, 6) is 0.640. The summed E-state index contributed by atoms with van der Waals surface area (Å²) < 4.78 is 10.9. The molecule has 2 unspecified atom stereocenters. The second-order valence-electron chi connectivity index (χ2n) is 6.19. The second kappa shape index (κ2) is 9.03. The van der Waals surface area contributed by atoms with Gasteiger partial charge in [-0.05, 0) is 17.7 Å². The van der Waals surface area contributed by atoms with E-state index < -0.39 is 6.04 Å². The molecule has 0 aromatic heterocycles. The highest BCUT2D eigenvalue weighted by molar-refractivity contribution is 6.31. The standard InChI is InChI=1S/C20H23ClN2O3/c1-25-18-9-5-3-7-16(18)20(15-6-2-4-8-17(15)21)23-19(24)12-14-13-26-11-10-22-14/h2-9,14,20,22H,10-13H2,1H3,(H,23,24). The maximum Gasteiger partial charge on any atom is 0.222 e. The van der Waals surface area contributed by atoms with Crippen molar-refractivity contribution in [1.29, 1.82) is 0 Å². The highest BCUT2D eigenvalue weighted by Crippen LogP contribution is 2.33. The van der Waals surface area contributed by atoms with Crippen LogP contribution in [0.15, 0.2) is 48.5 Å². The quantitative estimate of drug-likeness (QED) is 0.816. The minimum absolute atomic E-state index is 0.0216. The second-order valence-corrected chi connectivity index (χ2v) is 6.60. The van der Waals surface area contributed by atoms with E-state index in [1.54, 1.807) is 7.11 Å². The molecule has 2 aromatic rings. The first-order valence-corrected chi connectivity index (χ1v) is 9.04. The fraction of sp³-hybridized carbons (Fsp3) is 0.350. The molecule has 2 aromatic carbocycles. The van der Waals surface area contributed by atoms with E-state index in [9.17, 15) is 4.79 Å². The van der Waals surface area contributed by atoms with Gasteiger partial charge in [-0.2, -0.15) is 0 Å². The number of benzene rings is 2. The molecule has 26 heavy (non-hydrogen) atoms. The summed E-state index contributed by atoms with van der Waals surface area (Å²) in [5, 5.41) is 7.01. The molecule has 5 nitrogen and oxygen atoms in total. The Morgan fingerprint density at radius 2 is 2.00 bits per heavy atom. The molecule has 1 aliphatic heterocycles. The molecule has 2 atom stereocenters. The van der Waals surface area contributed by atoms with Gasteiger partial charge in [-0.15, -0.1) is 0 Å². The van der Waals surface area contributed by atoms with E-state index in [1.165, 1.54) is 0 Å². The van der Waals surface area contributed by atoms with E-state index in [4.69, 9.17) is 21.1 Å². The predicted molar refractivity (Wildman–Crippen MR) is 102 cm³/mol. The zero-order valence-electron chi connectivity index (χ0n) is 14.7. The van der Waals surface area contributed by atoms with Crippen LogP contribution < -0.4 is 15.4 Å². The van der Waals surface area contributed by atoms with Crippen molar-refractivity contribution >= 4 is 17.5 Å². The van der Waals surface area contributed by atoms with Gasteiger partial charge in [-0.1, -0.05) is 48.0 Å². The summed E-state index contributed by atoms with van der Waals surface area (Å²) in [6.07, 6.45) is 0.343. The highest BCUT2D eigenvalue weighted by Gasteiger charge is 2.24. The van der Waals surface area contributed by atoms with Gasteiger partial charge in [-0.25, -0.2) is 0 Å². The number of hydrogen-bond acceptors (Lipinski definition) is 4. The number of carbonyl (C=O) groups is 1. The van der Waals surface area contributed by atoms with Gasteiger partial charge in [0.15, 0.2) is 0 Å². The lowest BCUT2D eigenvalue weighted by molar-refractivity contribution is -0.122. The minimum atomic E-state index is -0.392. The molecule has 1 heterocycles. The van der Waals surface area contributed by atoms with Crippen LogP contribution in [0.4, 0.5) is 0 Å². The Balaban J connectivity index is 1.86. The van der Waals surface area contributed by atoms with Crippen molar-refractivity contribution in [2.45, 2.75) is 18.5 Å². The lowest BCUT2D eigenvalue weighted by Gasteiger charge is -2.26. The van der Waals surface area contributed by atoms with Crippen molar-refractivity contribution in [1.82, 2.24) is 10.6 Å². The molecule has 1 aliphatic rings. The van der Waals surface area contributed by atoms with Crippen molar-refractivity contribution in [2.24, 2.45) is 0 Å². The summed E-state index contributed by atoms with van der Waals surface area (Å²) in [4.78, 5) is 12.7. The SMILES string of the molecule is COc1ccccc1C(NC(=O)CC1COCCN1)c1ccccc1Cl. The zero-order chi connectivity index (χ0) is 18.4. The molecule has 6 heteroatoms. The molecule has 0 aliphatic carbocycles. The van der Waals surface area contributed by atoms with Crippen LogP contribution in [-0.4, -0.2) is 38.8 Å². The molecule has 138 valence electrons. The molecular formula is C20H23ClN2O3. The number of carbonyl (C=O) groups excluding carboxylic acids is 1. The Morgan fingerprint density at radius 3 is 2.69 bits per heavy atom. The first kappa shape index (κ1) is 18.7. The number of morpholine rings is 1. The molecule has 1 saturated heterocycles. The third-order valence-corrected chi connectivity index (χ3v) is 4.75. The first-order chi connectivity index (χ1) is 12.7. The van der Waals surface area contributed by atoms with Crippen LogP contribution >= 0.6 is 11.6 Å². The number of methoxy groups -OCH3 is 1. The van der Waals surface area contributed by atoms with Crippen molar-refractivity contribution in [3.63, 3.8) is 0 Å². The van der Waals surface area contributed by atoms with E-state index in [0.717, 1.165) is 17.7 Å². The largest absolute Gasteiger partial charge is 0.496 e. The van der Waals surface area contributed by atoms with Gasteiger partial charge in [-0.3, -0.25) is 4.79 Å². The molecule has 2 N–H and O–H groups in total. The van der Waals surface area contributed by atoms with Crippen LogP contribution in [0.25, 0.3) is 0 Å². The topological polar surface area (TPSA) is 59.6 Å². The summed E-state index contributed by atoms with van der Waals surface area (Å²) in [6, 6.07) is 14.8. The number of halogens is 1. The van der Waals surface area contributed by atoms with Gasteiger partial charge >= 0.3 is 0 Å². The van der Waals surface area contributed by atoms with Gasteiger partial charge in [0.05, 0.1) is 26.4 Å². The smallest absolute Gasteiger partial charge is 0.222 e. The summed E-state index contributed by atoms with van der Waals surface area (Å²) in [5.41, 5.74) is 1.70. The molecule has 0 radical (unpaired) electrons. The van der Waals surface area contributed by atoms with Gasteiger partial charge in [0.2, 0.25) is 5.91 Å². The highest BCUT2D eigenvalue weighted by atomic mass is 35.5. The normalized spacial score (nSPS) is 18.2. The van der Waals surface area contributed by atoms with Crippen LogP contribution in [0, 0.1) is 0 Å². The number of nitrogens with one attached hydrogen (secondary N) is 2. The summed E-state index contributed by atoms with van der Waals surface area (Å²) in [7, 11) is 1.62. The molecule has 0 bridgehead atoms. The lowest BCUT2D eigenvalue weighted by atomic mass is 9.97. The van der Waals surface area contributed by atoms with Crippen molar-refractivity contribution < 1.29 is 14.3 Å². The van der Waals surface area contributed by atoms with Crippen LogP contribution in [0.2, 0.25) is 5.02 Å². The fourth-order valence-corrected chi connectivity index (χ4v) is 3.38. The monoisotopic (exact) mass is 374 g/mol. The number of rotatable bonds is 6. The maximum absolute atomic E-state index is 12.7. The first-order valence-electron chi connectivity index (χ1n) is 8.67. The van der Waals surface area contributed by atoms with Crippen LogP contribution in [0.3, 0.4) is 0 Å². The van der Waals surface area contributed by atoms with Gasteiger partial charge in [0.1, 0.15) is 5.75 Å². The number of ether oxygens (including phenoxy) is 2. The molecule has 3 rings (SSSR count). The average molecular weight is 375 g/mol. The Kier molecular flexibility index (Phi) is 6.50. The third-order valence-electron chi connectivity index (χ3n) is 4.40. The summed E-state index contributed by atoms with van der Waals surface area (Å²) >= 11 is 6.42. The predicted octanol–water partition coefficient (Wildman–Crippen LogP) is 2.93. The number of para-hydroxylation sites is 1. The van der Waals surface area contributed by atoms with E-state index in [1.807, 2.05) is 48.5 Å². The van der Waals surface area contributed by atoms with Crippen molar-refractivity contribution in [2.75, 3.05) is 26.9 Å². The number of hydrogen-bond donors (Lipinski definition) is 2. The van der Waals surface area contributed by atoms with Crippen molar-refractivity contribution in [3.05, 3.63) is 64.7 Å². The number of amides is 1. The van der Waals surface area contributed by atoms with E-state index >= 15 is 0 Å². The molecule has 1 fully saturated rings. The van der Waals surface area contributed by atoms with E-state index in [2.05, 4.69) is 10.6 Å². The lowest BCUT2D eigenvalue weighted by Crippen LogP contribution is -2.44. The Morgan fingerprint density at radius 1 is 1.27 bits per heavy atom. The van der Waals surface area contributed by atoms with Gasteiger partial charge in [0, 0.05) is 29.6 Å². The van der Waals surface area contributed by atoms with E-state index in [0.29, 0.717) is 30.4 Å². The molecule has 0 spiro atoms. The molecule has 0 saturated carbocycles. The van der Waals surface area contributed by atoms with Gasteiger partial charge in [0.25, 0.3) is 0 Å². The Labute approximate surface area is 158 Å². The third kappa shape index (κ3) is 4.55. The van der Waals surface area contributed by atoms with Crippen LogP contribution in [0.5, 0.6) is 5.75 Å². The van der Waals surface area contributed by atoms with Gasteiger partial charge < -0.3 is 20.1 Å². The van der Waals surface area contributed by atoms with Crippen molar-refractivity contribution in [3.8, 4) is 5.75 Å².